The maximum Gasteiger partial charge on any atom is 0.416 e. The van der Waals surface area contributed by atoms with Crippen molar-refractivity contribution in [1.82, 2.24) is 4.98 Å². The van der Waals surface area contributed by atoms with Crippen molar-refractivity contribution in [1.29, 1.82) is 0 Å². The summed E-state index contributed by atoms with van der Waals surface area (Å²) in [5.74, 6) is -0.651. The van der Waals surface area contributed by atoms with Crippen LogP contribution in [0.15, 0.2) is 72.9 Å². The van der Waals surface area contributed by atoms with Crippen LogP contribution in [0.3, 0.4) is 0 Å². The van der Waals surface area contributed by atoms with E-state index >= 15 is 0 Å². The molecule has 0 unspecified atom stereocenters. The van der Waals surface area contributed by atoms with Crippen LogP contribution in [0.1, 0.15) is 21.5 Å². The van der Waals surface area contributed by atoms with Crippen LogP contribution in [-0.2, 0) is 15.7 Å². The topological polar surface area (TPSA) is 83.6 Å². The van der Waals surface area contributed by atoms with Gasteiger partial charge in [0.1, 0.15) is 5.82 Å². The number of anilines is 3. The molecule has 7 nitrogen and oxygen atoms in total. The van der Waals surface area contributed by atoms with E-state index < -0.39 is 17.6 Å². The summed E-state index contributed by atoms with van der Waals surface area (Å²) in [7, 11) is 0. The Hall–Kier alpha value is -4.18. The van der Waals surface area contributed by atoms with Gasteiger partial charge in [-0.3, -0.25) is 9.59 Å². The Kier molecular flexibility index (Phi) is 7.65. The Morgan fingerprint density at radius 3 is 2.53 bits per heavy atom. The monoisotopic (exact) mass is 496 g/mol. The fourth-order valence-corrected chi connectivity index (χ4v) is 3.61. The van der Waals surface area contributed by atoms with Gasteiger partial charge < -0.3 is 20.3 Å². The van der Waals surface area contributed by atoms with Crippen LogP contribution in [0.2, 0.25) is 0 Å². The third-order valence-electron chi connectivity index (χ3n) is 5.39. The summed E-state index contributed by atoms with van der Waals surface area (Å²) >= 11 is 0. The van der Waals surface area contributed by atoms with Gasteiger partial charge in [0.05, 0.1) is 18.8 Å². The summed E-state index contributed by atoms with van der Waals surface area (Å²) < 4.78 is 44.1. The van der Waals surface area contributed by atoms with Gasteiger partial charge in [0, 0.05) is 48.4 Å². The standard InChI is InChI=1S/C26H23F3N4O3/c27-26(28,29)20-5-2-4-19(16-20)25(35)31-21-6-1-3-18(15-21)7-8-24(34)32-23-17-22(9-10-30-23)33-11-13-36-14-12-33/h1-10,15-17H,11-14H2,(H,31,35)(H,30,32,34)/b8-7+. The van der Waals surface area contributed by atoms with E-state index in [-0.39, 0.29) is 11.5 Å². The van der Waals surface area contributed by atoms with Crippen molar-refractivity contribution in [2.45, 2.75) is 6.18 Å². The molecule has 2 N–H and O–H groups in total. The predicted octanol–water partition coefficient (Wildman–Crippen LogP) is 4.84. The van der Waals surface area contributed by atoms with Crippen LogP contribution >= 0.6 is 0 Å². The zero-order chi connectivity index (χ0) is 25.5. The number of carbonyl (C=O) groups is 2. The number of hydrogen-bond donors (Lipinski definition) is 2. The first-order valence-electron chi connectivity index (χ1n) is 11.1. The molecule has 0 radical (unpaired) electrons. The molecule has 4 rings (SSSR count). The van der Waals surface area contributed by atoms with Crippen molar-refractivity contribution >= 4 is 35.1 Å². The number of morpholine rings is 1. The van der Waals surface area contributed by atoms with Gasteiger partial charge in [0.15, 0.2) is 0 Å². The molecule has 1 saturated heterocycles. The van der Waals surface area contributed by atoms with Gasteiger partial charge in [0.25, 0.3) is 5.91 Å². The minimum absolute atomic E-state index is 0.114. The van der Waals surface area contributed by atoms with E-state index in [2.05, 4.69) is 20.5 Å². The fourth-order valence-electron chi connectivity index (χ4n) is 3.61. The predicted molar refractivity (Wildman–Crippen MR) is 131 cm³/mol. The molecule has 1 aliphatic rings. The molecule has 0 atom stereocenters. The lowest BCUT2D eigenvalue weighted by molar-refractivity contribution is -0.137. The first-order chi connectivity index (χ1) is 17.3. The van der Waals surface area contributed by atoms with E-state index in [0.29, 0.717) is 30.3 Å². The Morgan fingerprint density at radius 2 is 1.75 bits per heavy atom. The fraction of sp³-hybridized carbons (Fsp3) is 0.192. The molecule has 0 saturated carbocycles. The zero-order valence-corrected chi connectivity index (χ0v) is 19.1. The highest BCUT2D eigenvalue weighted by atomic mass is 19.4. The molecule has 36 heavy (non-hydrogen) atoms. The molecule has 186 valence electrons. The average molecular weight is 496 g/mol. The molecule has 1 aromatic heterocycles. The van der Waals surface area contributed by atoms with Gasteiger partial charge >= 0.3 is 6.18 Å². The number of rotatable bonds is 6. The lowest BCUT2D eigenvalue weighted by Gasteiger charge is -2.28. The van der Waals surface area contributed by atoms with E-state index in [0.717, 1.165) is 30.9 Å². The number of ether oxygens (including phenoxy) is 1. The van der Waals surface area contributed by atoms with Crippen LogP contribution in [0.25, 0.3) is 6.08 Å². The Bertz CT molecular complexity index is 1270. The van der Waals surface area contributed by atoms with Crippen LogP contribution < -0.4 is 15.5 Å². The van der Waals surface area contributed by atoms with Crippen LogP contribution in [0.5, 0.6) is 0 Å². The van der Waals surface area contributed by atoms with E-state index in [9.17, 15) is 22.8 Å². The number of nitrogens with zero attached hydrogens (tertiary/aromatic N) is 2. The van der Waals surface area contributed by atoms with Gasteiger partial charge in [-0.25, -0.2) is 4.98 Å². The number of aromatic nitrogens is 1. The Morgan fingerprint density at radius 1 is 0.972 bits per heavy atom. The van der Waals surface area contributed by atoms with Crippen molar-refractivity contribution < 1.29 is 27.5 Å². The second kappa shape index (κ2) is 11.0. The van der Waals surface area contributed by atoms with Crippen molar-refractivity contribution in [3.05, 3.63) is 89.6 Å². The van der Waals surface area contributed by atoms with Gasteiger partial charge in [-0.15, -0.1) is 0 Å². The summed E-state index contributed by atoms with van der Waals surface area (Å²) in [5, 5.41) is 5.30. The number of amides is 2. The average Bonchev–Trinajstić information content (AvgIpc) is 2.88. The number of carbonyl (C=O) groups excluding carboxylic acids is 2. The van der Waals surface area contributed by atoms with Crippen LogP contribution in [-0.4, -0.2) is 43.1 Å². The maximum atomic E-state index is 12.9. The second-order valence-electron chi connectivity index (χ2n) is 7.98. The molecule has 2 heterocycles. The molecule has 0 bridgehead atoms. The van der Waals surface area contributed by atoms with Gasteiger partial charge in [-0.1, -0.05) is 18.2 Å². The number of benzene rings is 2. The van der Waals surface area contributed by atoms with Crippen molar-refractivity contribution in [2.75, 3.05) is 41.8 Å². The third-order valence-corrected chi connectivity index (χ3v) is 5.39. The summed E-state index contributed by atoms with van der Waals surface area (Å²) in [5.41, 5.74) is 0.915. The van der Waals surface area contributed by atoms with Crippen LogP contribution in [0, 0.1) is 0 Å². The van der Waals surface area contributed by atoms with E-state index in [4.69, 9.17) is 4.74 Å². The Labute approximate surface area is 205 Å². The number of hydrogen-bond acceptors (Lipinski definition) is 5. The molecular weight excluding hydrogens is 473 g/mol. The highest BCUT2D eigenvalue weighted by Gasteiger charge is 2.30. The minimum Gasteiger partial charge on any atom is -0.378 e. The normalized spacial score (nSPS) is 14.0. The summed E-state index contributed by atoms with van der Waals surface area (Å²) in [6, 6.07) is 14.4. The highest BCUT2D eigenvalue weighted by Crippen LogP contribution is 2.29. The molecule has 0 aliphatic carbocycles. The van der Waals surface area contributed by atoms with Gasteiger partial charge in [0.2, 0.25) is 5.91 Å². The van der Waals surface area contributed by atoms with Gasteiger partial charge in [-0.2, -0.15) is 13.2 Å². The summed E-state index contributed by atoms with van der Waals surface area (Å²) in [6.45, 7) is 2.81. The lowest BCUT2D eigenvalue weighted by Crippen LogP contribution is -2.36. The molecule has 3 aromatic rings. The van der Waals surface area contributed by atoms with E-state index in [1.54, 1.807) is 42.6 Å². The first kappa shape index (κ1) is 24.9. The minimum atomic E-state index is -4.54. The number of alkyl halides is 3. The smallest absolute Gasteiger partial charge is 0.378 e. The summed E-state index contributed by atoms with van der Waals surface area (Å²) in [4.78, 5) is 31.2. The molecule has 2 aromatic carbocycles. The van der Waals surface area contributed by atoms with Crippen molar-refractivity contribution in [2.24, 2.45) is 0 Å². The van der Waals surface area contributed by atoms with Crippen molar-refractivity contribution in [3.63, 3.8) is 0 Å². The molecular formula is C26H23F3N4O3. The molecule has 1 aliphatic heterocycles. The number of nitrogens with one attached hydrogen (secondary N) is 2. The third kappa shape index (κ3) is 6.70. The summed E-state index contributed by atoms with van der Waals surface area (Å²) in [6.07, 6.45) is -0.0283. The number of halogens is 3. The Balaban J connectivity index is 1.38. The van der Waals surface area contributed by atoms with Crippen molar-refractivity contribution in [3.8, 4) is 0 Å². The number of pyridine rings is 1. The lowest BCUT2D eigenvalue weighted by atomic mass is 10.1. The molecule has 2 amide bonds. The zero-order valence-electron chi connectivity index (χ0n) is 19.1. The van der Waals surface area contributed by atoms with Crippen LogP contribution in [0.4, 0.5) is 30.4 Å². The van der Waals surface area contributed by atoms with E-state index in [1.165, 1.54) is 18.2 Å². The first-order valence-corrected chi connectivity index (χ1v) is 11.1. The van der Waals surface area contributed by atoms with E-state index in [1.807, 2.05) is 6.07 Å². The second-order valence-corrected chi connectivity index (χ2v) is 7.98. The molecule has 0 spiro atoms. The highest BCUT2D eigenvalue weighted by molar-refractivity contribution is 6.05. The van der Waals surface area contributed by atoms with Gasteiger partial charge in [-0.05, 0) is 48.0 Å². The SMILES string of the molecule is O=C(/C=C/c1cccc(NC(=O)c2cccc(C(F)(F)F)c2)c1)Nc1cc(N2CCOCC2)ccn1. The maximum absolute atomic E-state index is 12.9. The molecule has 1 fully saturated rings. The quantitative estimate of drug-likeness (QED) is 0.477. The largest absolute Gasteiger partial charge is 0.416 e. The molecule has 10 heteroatoms.